The van der Waals surface area contributed by atoms with E-state index in [1.807, 2.05) is 0 Å². The maximum Gasteiger partial charge on any atom is 0.244 e. The molecule has 128 valence electrons. The van der Waals surface area contributed by atoms with Crippen LogP contribution in [0.3, 0.4) is 0 Å². The highest BCUT2D eigenvalue weighted by Gasteiger charge is 2.48. The first-order valence-electron chi connectivity index (χ1n) is 7.78. The number of nitrogen functional groups attached to an aromatic ring is 1. The Morgan fingerprint density at radius 3 is 2.12 bits per heavy atom. The van der Waals surface area contributed by atoms with Crippen LogP contribution in [-0.2, 0) is 14.4 Å². The lowest BCUT2D eigenvalue weighted by molar-refractivity contribution is -0.142. The summed E-state index contributed by atoms with van der Waals surface area (Å²) >= 11 is 11.8. The summed E-state index contributed by atoms with van der Waals surface area (Å²) in [5, 5.41) is 3.03. The number of fused-ring (bicyclic) bond motifs is 1. The fraction of sp³-hybridized carbons (Fsp3) is 0.438. The van der Waals surface area contributed by atoms with E-state index in [1.165, 1.54) is 12.1 Å². The number of hydrogen-bond donors (Lipinski definition) is 2. The Kier molecular flexibility index (Phi) is 4.69. The minimum absolute atomic E-state index is 0.220. The van der Waals surface area contributed by atoms with Gasteiger partial charge in [0.15, 0.2) is 0 Å². The van der Waals surface area contributed by atoms with Crippen molar-refractivity contribution in [3.05, 3.63) is 22.2 Å². The Balaban J connectivity index is 1.69. The summed E-state index contributed by atoms with van der Waals surface area (Å²) in [6.07, 6.45) is 3.33. The first-order valence-corrected chi connectivity index (χ1v) is 8.53. The van der Waals surface area contributed by atoms with Gasteiger partial charge in [0.05, 0.1) is 27.6 Å². The number of imide groups is 1. The Labute approximate surface area is 149 Å². The number of carbonyl (C=O) groups excluding carboxylic acids is 3. The Morgan fingerprint density at radius 2 is 1.62 bits per heavy atom. The largest absolute Gasteiger partial charge is 0.396 e. The molecule has 1 aliphatic heterocycles. The van der Waals surface area contributed by atoms with Crippen LogP contribution < -0.4 is 11.1 Å². The highest BCUT2D eigenvalue weighted by Crippen LogP contribution is 2.38. The molecule has 3 N–H and O–H groups in total. The van der Waals surface area contributed by atoms with Gasteiger partial charge in [0.1, 0.15) is 6.54 Å². The number of likely N-dealkylation sites (tertiary alicyclic amines) is 1. The van der Waals surface area contributed by atoms with Gasteiger partial charge in [-0.2, -0.15) is 0 Å². The highest BCUT2D eigenvalue weighted by atomic mass is 35.5. The van der Waals surface area contributed by atoms with E-state index in [9.17, 15) is 14.4 Å². The number of rotatable bonds is 3. The second-order valence-electron chi connectivity index (χ2n) is 6.16. The normalized spacial score (nSPS) is 23.3. The Hall–Kier alpha value is -1.79. The van der Waals surface area contributed by atoms with Crippen molar-refractivity contribution in [2.24, 2.45) is 11.8 Å². The van der Waals surface area contributed by atoms with E-state index in [0.717, 1.165) is 30.6 Å². The van der Waals surface area contributed by atoms with Crippen LogP contribution in [0.1, 0.15) is 25.7 Å². The van der Waals surface area contributed by atoms with Crippen molar-refractivity contribution < 1.29 is 14.4 Å². The molecule has 8 heteroatoms. The summed E-state index contributed by atoms with van der Waals surface area (Å²) in [5.74, 6) is -1.49. The summed E-state index contributed by atoms with van der Waals surface area (Å²) in [6.45, 7) is -0.301. The quantitative estimate of drug-likeness (QED) is 0.632. The SMILES string of the molecule is Nc1c(Cl)cc(NC(=O)CN2C(=O)C3CCCCC3C2=O)cc1Cl. The number of amides is 3. The third kappa shape index (κ3) is 3.08. The van der Waals surface area contributed by atoms with Crippen molar-refractivity contribution in [3.8, 4) is 0 Å². The third-order valence-corrected chi connectivity index (χ3v) is 5.22. The van der Waals surface area contributed by atoms with E-state index in [-0.39, 0.29) is 45.9 Å². The van der Waals surface area contributed by atoms with Crippen LogP contribution in [0.5, 0.6) is 0 Å². The number of nitrogens with one attached hydrogen (secondary N) is 1. The Morgan fingerprint density at radius 1 is 1.12 bits per heavy atom. The van der Waals surface area contributed by atoms with Crippen molar-refractivity contribution in [1.29, 1.82) is 0 Å². The van der Waals surface area contributed by atoms with E-state index in [1.54, 1.807) is 0 Å². The summed E-state index contributed by atoms with van der Waals surface area (Å²) < 4.78 is 0. The van der Waals surface area contributed by atoms with Crippen LogP contribution in [0.15, 0.2) is 12.1 Å². The lowest BCUT2D eigenvalue weighted by Crippen LogP contribution is -2.38. The number of anilines is 2. The van der Waals surface area contributed by atoms with Gasteiger partial charge < -0.3 is 11.1 Å². The number of benzene rings is 1. The average Bonchev–Trinajstić information content (AvgIpc) is 2.78. The van der Waals surface area contributed by atoms with Crippen LogP contribution in [0, 0.1) is 11.8 Å². The second kappa shape index (κ2) is 6.61. The molecule has 1 aromatic rings. The molecule has 0 bridgehead atoms. The molecule has 24 heavy (non-hydrogen) atoms. The molecule has 1 saturated heterocycles. The number of halogens is 2. The van der Waals surface area contributed by atoms with Gasteiger partial charge in [0.2, 0.25) is 17.7 Å². The monoisotopic (exact) mass is 369 g/mol. The second-order valence-corrected chi connectivity index (χ2v) is 6.98. The summed E-state index contributed by atoms with van der Waals surface area (Å²) in [4.78, 5) is 38.0. The fourth-order valence-electron chi connectivity index (χ4n) is 3.39. The number of nitrogens with zero attached hydrogens (tertiary/aromatic N) is 1. The molecule has 0 aromatic heterocycles. The number of carbonyl (C=O) groups is 3. The molecule has 2 atom stereocenters. The zero-order valence-corrected chi connectivity index (χ0v) is 14.4. The molecule has 3 rings (SSSR count). The molecule has 2 unspecified atom stereocenters. The molecular formula is C16H17Cl2N3O3. The minimum atomic E-state index is -0.479. The molecule has 3 amide bonds. The molecule has 6 nitrogen and oxygen atoms in total. The smallest absolute Gasteiger partial charge is 0.244 e. The van der Waals surface area contributed by atoms with Gasteiger partial charge in [-0.1, -0.05) is 36.0 Å². The van der Waals surface area contributed by atoms with Gasteiger partial charge in [0.25, 0.3) is 0 Å². The lowest BCUT2D eigenvalue weighted by Gasteiger charge is -2.19. The zero-order chi connectivity index (χ0) is 17.4. The van der Waals surface area contributed by atoms with Gasteiger partial charge in [0, 0.05) is 5.69 Å². The molecule has 2 fully saturated rings. The van der Waals surface area contributed by atoms with E-state index in [0.29, 0.717) is 5.69 Å². The van der Waals surface area contributed by atoms with Crippen molar-refractivity contribution in [2.45, 2.75) is 25.7 Å². The van der Waals surface area contributed by atoms with Crippen LogP contribution in [0.2, 0.25) is 10.0 Å². The van der Waals surface area contributed by atoms with E-state index < -0.39 is 5.91 Å². The molecule has 1 heterocycles. The Bertz CT molecular complexity index is 676. The van der Waals surface area contributed by atoms with Crippen LogP contribution in [0.4, 0.5) is 11.4 Å². The van der Waals surface area contributed by atoms with Crippen LogP contribution in [0.25, 0.3) is 0 Å². The third-order valence-electron chi connectivity index (χ3n) is 4.60. The fourth-order valence-corrected chi connectivity index (χ4v) is 3.87. The average molecular weight is 370 g/mol. The van der Waals surface area contributed by atoms with Crippen molar-refractivity contribution >= 4 is 52.3 Å². The molecule has 1 aliphatic carbocycles. The van der Waals surface area contributed by atoms with Crippen LogP contribution >= 0.6 is 23.2 Å². The van der Waals surface area contributed by atoms with Crippen LogP contribution in [-0.4, -0.2) is 29.2 Å². The van der Waals surface area contributed by atoms with Crippen molar-refractivity contribution in [2.75, 3.05) is 17.6 Å². The van der Waals surface area contributed by atoms with Gasteiger partial charge in [-0.15, -0.1) is 0 Å². The predicted octanol–water partition coefficient (Wildman–Crippen LogP) is 2.69. The first kappa shape index (κ1) is 17.0. The summed E-state index contributed by atoms with van der Waals surface area (Å²) in [7, 11) is 0. The topological polar surface area (TPSA) is 92.5 Å². The molecule has 2 aliphatic rings. The standard InChI is InChI=1S/C16H17Cl2N3O3/c17-11-5-8(6-12(18)14(11)19)20-13(22)7-21-15(23)9-3-1-2-4-10(9)16(21)24/h5-6,9-10H,1-4,7,19H2,(H,20,22). The van der Waals surface area contributed by atoms with Crippen molar-refractivity contribution in [3.63, 3.8) is 0 Å². The van der Waals surface area contributed by atoms with E-state index in [2.05, 4.69) is 5.32 Å². The number of hydrogen-bond acceptors (Lipinski definition) is 4. The molecule has 0 radical (unpaired) electrons. The first-order chi connectivity index (χ1) is 11.4. The van der Waals surface area contributed by atoms with E-state index >= 15 is 0 Å². The molecular weight excluding hydrogens is 353 g/mol. The van der Waals surface area contributed by atoms with Gasteiger partial charge in [-0.25, -0.2) is 0 Å². The van der Waals surface area contributed by atoms with E-state index in [4.69, 9.17) is 28.9 Å². The van der Waals surface area contributed by atoms with Crippen molar-refractivity contribution in [1.82, 2.24) is 4.90 Å². The summed E-state index contributed by atoms with van der Waals surface area (Å²) in [5.41, 5.74) is 6.23. The predicted molar refractivity (Wildman–Crippen MR) is 91.7 cm³/mol. The van der Waals surface area contributed by atoms with Gasteiger partial charge >= 0.3 is 0 Å². The van der Waals surface area contributed by atoms with Gasteiger partial charge in [-0.3, -0.25) is 19.3 Å². The molecule has 1 aromatic carbocycles. The number of nitrogens with two attached hydrogens (primary N) is 1. The summed E-state index contributed by atoms with van der Waals surface area (Å²) in [6, 6.07) is 2.93. The maximum absolute atomic E-state index is 12.4. The maximum atomic E-state index is 12.4. The lowest BCUT2D eigenvalue weighted by atomic mass is 9.81. The molecule has 0 spiro atoms. The molecule has 1 saturated carbocycles. The van der Waals surface area contributed by atoms with Gasteiger partial charge in [-0.05, 0) is 25.0 Å². The zero-order valence-electron chi connectivity index (χ0n) is 12.9. The highest BCUT2D eigenvalue weighted by molar-refractivity contribution is 6.39. The minimum Gasteiger partial charge on any atom is -0.396 e.